The van der Waals surface area contributed by atoms with Gasteiger partial charge in [0.05, 0.1) is 10.8 Å². The van der Waals surface area contributed by atoms with Gasteiger partial charge >= 0.3 is 0 Å². The Kier molecular flexibility index (Phi) is 6.51. The van der Waals surface area contributed by atoms with Gasteiger partial charge in [0.25, 0.3) is 0 Å². The van der Waals surface area contributed by atoms with Crippen LogP contribution in [-0.2, 0) is 11.3 Å². The molecule has 2 heterocycles. The van der Waals surface area contributed by atoms with Crippen molar-refractivity contribution < 1.29 is 4.79 Å². The quantitative estimate of drug-likeness (QED) is 0.404. The highest BCUT2D eigenvalue weighted by atomic mass is 32.2. The normalized spacial score (nSPS) is 12.5. The second-order valence-corrected chi connectivity index (χ2v) is 9.08. The molecule has 1 unspecified atom stereocenters. The molecule has 0 saturated heterocycles. The molecule has 2 aromatic carbocycles. The fraction of sp³-hybridized carbons (Fsp3) is 0.333. The number of benzene rings is 2. The van der Waals surface area contributed by atoms with Crippen molar-refractivity contribution in [1.29, 1.82) is 0 Å². The number of thioether (sulfide) groups is 1. The molecule has 4 rings (SSSR count). The van der Waals surface area contributed by atoms with Gasteiger partial charge in [-0.3, -0.25) is 4.79 Å². The molecule has 0 aliphatic heterocycles. The minimum absolute atomic E-state index is 0.0235. The zero-order valence-electron chi connectivity index (χ0n) is 18.1. The van der Waals surface area contributed by atoms with Crippen molar-refractivity contribution in [1.82, 2.24) is 25.1 Å². The third-order valence-electron chi connectivity index (χ3n) is 5.06. The summed E-state index contributed by atoms with van der Waals surface area (Å²) >= 11 is 1.39. The molecular weight excluding hydrogens is 406 g/mol. The minimum atomic E-state index is -0.237. The molecule has 31 heavy (non-hydrogen) atoms. The van der Waals surface area contributed by atoms with Gasteiger partial charge in [0.1, 0.15) is 5.52 Å². The highest BCUT2D eigenvalue weighted by molar-refractivity contribution is 8.00. The van der Waals surface area contributed by atoms with E-state index in [9.17, 15) is 4.79 Å². The van der Waals surface area contributed by atoms with Gasteiger partial charge in [-0.25, -0.2) is 4.98 Å². The van der Waals surface area contributed by atoms with E-state index in [2.05, 4.69) is 51.3 Å². The van der Waals surface area contributed by atoms with Crippen LogP contribution in [0.15, 0.2) is 59.8 Å². The summed E-state index contributed by atoms with van der Waals surface area (Å²) in [6.45, 7) is 6.71. The highest BCUT2D eigenvalue weighted by Gasteiger charge is 2.22. The maximum atomic E-state index is 12.6. The van der Waals surface area contributed by atoms with Gasteiger partial charge in [-0.05, 0) is 31.9 Å². The Morgan fingerprint density at radius 2 is 1.81 bits per heavy atom. The van der Waals surface area contributed by atoms with Gasteiger partial charge in [-0.15, -0.1) is 10.2 Å². The number of amides is 1. The maximum Gasteiger partial charge on any atom is 0.233 e. The molecule has 0 spiro atoms. The van der Waals surface area contributed by atoms with Crippen LogP contribution in [0, 0.1) is 0 Å². The zero-order valence-corrected chi connectivity index (χ0v) is 18.9. The van der Waals surface area contributed by atoms with Gasteiger partial charge < -0.3 is 9.88 Å². The van der Waals surface area contributed by atoms with E-state index < -0.39 is 0 Å². The van der Waals surface area contributed by atoms with E-state index in [-0.39, 0.29) is 17.2 Å². The lowest BCUT2D eigenvalue weighted by Crippen LogP contribution is -2.37. The van der Waals surface area contributed by atoms with Crippen LogP contribution in [0.2, 0.25) is 0 Å². The van der Waals surface area contributed by atoms with Crippen molar-refractivity contribution in [2.24, 2.45) is 0 Å². The number of hydrogen-bond donors (Lipinski definition) is 1. The zero-order chi connectivity index (χ0) is 21.8. The molecular formula is C24H27N5OS. The predicted molar refractivity (Wildman–Crippen MR) is 126 cm³/mol. The average Bonchev–Trinajstić information content (AvgIpc) is 3.07. The molecule has 160 valence electrons. The monoisotopic (exact) mass is 433 g/mol. The minimum Gasteiger partial charge on any atom is -0.353 e. The van der Waals surface area contributed by atoms with Gasteiger partial charge in [0.2, 0.25) is 11.1 Å². The van der Waals surface area contributed by atoms with Crippen molar-refractivity contribution in [3.05, 3.63) is 60.2 Å². The fourth-order valence-electron chi connectivity index (χ4n) is 3.68. The number of aromatic nitrogens is 4. The molecule has 6 nitrogen and oxygen atoms in total. The number of rotatable bonds is 8. The van der Waals surface area contributed by atoms with Crippen molar-refractivity contribution in [2.45, 2.75) is 56.6 Å². The van der Waals surface area contributed by atoms with Crippen molar-refractivity contribution >= 4 is 39.7 Å². The number of hydrogen-bond acceptors (Lipinski definition) is 5. The Morgan fingerprint density at radius 1 is 1.06 bits per heavy atom. The first-order valence-corrected chi connectivity index (χ1v) is 11.6. The molecule has 0 aliphatic carbocycles. The summed E-state index contributed by atoms with van der Waals surface area (Å²) in [7, 11) is 0. The Morgan fingerprint density at radius 3 is 2.55 bits per heavy atom. The highest BCUT2D eigenvalue weighted by Crippen LogP contribution is 2.30. The molecule has 0 aliphatic rings. The second-order valence-electron chi connectivity index (χ2n) is 7.91. The first-order valence-electron chi connectivity index (χ1n) is 10.7. The average molecular weight is 434 g/mol. The molecule has 0 bridgehead atoms. The van der Waals surface area contributed by atoms with Crippen LogP contribution in [0.25, 0.3) is 22.1 Å². The lowest BCUT2D eigenvalue weighted by atomic mass is 10.2. The van der Waals surface area contributed by atoms with Crippen LogP contribution in [0.5, 0.6) is 0 Å². The summed E-state index contributed by atoms with van der Waals surface area (Å²) in [5, 5.41) is 13.2. The van der Waals surface area contributed by atoms with Crippen LogP contribution in [0.4, 0.5) is 0 Å². The molecule has 1 atom stereocenters. The Balaban J connectivity index is 1.74. The van der Waals surface area contributed by atoms with Gasteiger partial charge in [0.15, 0.2) is 5.65 Å². The van der Waals surface area contributed by atoms with E-state index in [0.717, 1.165) is 34.9 Å². The molecule has 2 aromatic heterocycles. The van der Waals surface area contributed by atoms with Gasteiger partial charge in [-0.1, -0.05) is 73.6 Å². The standard InChI is InChI=1S/C24H27N5OS/c1-4-10-20(23(30)25-16(2)3)31-24-26-22-21(27-28-24)18-13-8-9-14-19(18)29(22)15-17-11-6-5-7-12-17/h5-9,11-14,16,20H,4,10,15H2,1-3H3,(H,25,30). The lowest BCUT2D eigenvalue weighted by molar-refractivity contribution is -0.121. The fourth-order valence-corrected chi connectivity index (χ4v) is 4.69. The summed E-state index contributed by atoms with van der Waals surface area (Å²) in [6, 6.07) is 18.6. The van der Waals surface area contributed by atoms with Crippen LogP contribution >= 0.6 is 11.8 Å². The molecule has 0 saturated carbocycles. The summed E-state index contributed by atoms with van der Waals surface area (Å²) in [5.74, 6) is 0.0235. The van der Waals surface area contributed by atoms with Crippen molar-refractivity contribution in [3.8, 4) is 0 Å². The van der Waals surface area contributed by atoms with E-state index >= 15 is 0 Å². The lowest BCUT2D eigenvalue weighted by Gasteiger charge is -2.16. The number of nitrogens with one attached hydrogen (secondary N) is 1. The Labute approximate surface area is 186 Å². The molecule has 0 radical (unpaired) electrons. The van der Waals surface area contributed by atoms with Crippen molar-refractivity contribution in [3.63, 3.8) is 0 Å². The van der Waals surface area contributed by atoms with Gasteiger partial charge in [-0.2, -0.15) is 0 Å². The van der Waals surface area contributed by atoms with Crippen LogP contribution < -0.4 is 5.32 Å². The number of para-hydroxylation sites is 1. The summed E-state index contributed by atoms with van der Waals surface area (Å²) in [4.78, 5) is 17.5. The van der Waals surface area contributed by atoms with Crippen LogP contribution in [0.1, 0.15) is 39.2 Å². The summed E-state index contributed by atoms with van der Waals surface area (Å²) in [6.07, 6.45) is 1.67. The second kappa shape index (κ2) is 9.47. The third-order valence-corrected chi connectivity index (χ3v) is 6.18. The molecule has 1 amide bonds. The summed E-state index contributed by atoms with van der Waals surface area (Å²) < 4.78 is 2.18. The number of nitrogens with zero attached hydrogens (tertiary/aromatic N) is 4. The predicted octanol–water partition coefficient (Wildman–Crippen LogP) is 4.81. The van der Waals surface area contributed by atoms with Crippen LogP contribution in [-0.4, -0.2) is 36.9 Å². The van der Waals surface area contributed by atoms with E-state index in [1.165, 1.54) is 17.3 Å². The van der Waals surface area contributed by atoms with Gasteiger partial charge in [0, 0.05) is 18.0 Å². The largest absolute Gasteiger partial charge is 0.353 e. The number of fused-ring (bicyclic) bond motifs is 3. The van der Waals surface area contributed by atoms with E-state index in [4.69, 9.17) is 4.98 Å². The first-order chi connectivity index (χ1) is 15.1. The molecule has 0 fully saturated rings. The number of carbonyl (C=O) groups excluding carboxylic acids is 1. The Hall–Kier alpha value is -2.93. The van der Waals surface area contributed by atoms with Crippen LogP contribution in [0.3, 0.4) is 0 Å². The van der Waals surface area contributed by atoms with E-state index in [0.29, 0.717) is 11.7 Å². The van der Waals surface area contributed by atoms with E-state index in [1.807, 2.05) is 44.2 Å². The molecule has 7 heteroatoms. The van der Waals surface area contributed by atoms with Crippen molar-refractivity contribution in [2.75, 3.05) is 0 Å². The first kappa shape index (κ1) is 21.3. The molecule has 1 N–H and O–H groups in total. The maximum absolute atomic E-state index is 12.6. The summed E-state index contributed by atoms with van der Waals surface area (Å²) in [5.41, 5.74) is 3.85. The Bertz CT molecular complexity index is 1190. The third kappa shape index (κ3) is 4.71. The molecule has 4 aromatic rings. The smallest absolute Gasteiger partial charge is 0.233 e. The topological polar surface area (TPSA) is 72.7 Å². The van der Waals surface area contributed by atoms with E-state index in [1.54, 1.807) is 0 Å². The number of carbonyl (C=O) groups is 1. The SMILES string of the molecule is CCCC(Sc1nnc2c3ccccc3n(Cc3ccccc3)c2n1)C(=O)NC(C)C.